The highest BCUT2D eigenvalue weighted by Crippen LogP contribution is 2.24. The first-order chi connectivity index (χ1) is 13.6. The lowest BCUT2D eigenvalue weighted by Gasteiger charge is -2.33. The van der Waals surface area contributed by atoms with Crippen LogP contribution in [0.3, 0.4) is 0 Å². The van der Waals surface area contributed by atoms with Crippen molar-refractivity contribution >= 4 is 28.7 Å². The number of primary amides is 1. The second-order valence-electron chi connectivity index (χ2n) is 6.89. The number of benzene rings is 2. The summed E-state index contributed by atoms with van der Waals surface area (Å²) in [6.07, 6.45) is 1.74. The third kappa shape index (κ3) is 3.83. The molecule has 0 spiro atoms. The number of anilines is 1. The lowest BCUT2D eigenvalue weighted by molar-refractivity contribution is -0.122. The largest absolute Gasteiger partial charge is 0.452 e. The average molecular weight is 379 g/mol. The van der Waals surface area contributed by atoms with E-state index >= 15 is 0 Å². The lowest BCUT2D eigenvalue weighted by Crippen LogP contribution is -2.41. The smallest absolute Gasteiger partial charge is 0.338 e. The van der Waals surface area contributed by atoms with Crippen LogP contribution in [0.1, 0.15) is 29.1 Å². The molecule has 1 saturated heterocycles. The van der Waals surface area contributed by atoms with E-state index in [2.05, 4.69) is 9.88 Å². The number of nitrogens with two attached hydrogens (primary N) is 1. The number of piperidine rings is 1. The van der Waals surface area contributed by atoms with Gasteiger partial charge < -0.3 is 19.8 Å². The monoisotopic (exact) mass is 379 g/mol. The summed E-state index contributed by atoms with van der Waals surface area (Å²) in [5, 5.41) is 0. The van der Waals surface area contributed by atoms with Crippen molar-refractivity contribution in [3.8, 4) is 0 Å². The predicted molar refractivity (Wildman–Crippen MR) is 104 cm³/mol. The van der Waals surface area contributed by atoms with E-state index < -0.39 is 5.97 Å². The first-order valence-corrected chi connectivity index (χ1v) is 9.26. The standard InChI is InChI=1S/C21H21N3O4/c22-20(25)15-4-3-11-24(12-15)16-9-7-14(8-10-16)21(26)27-13-19-23-17-5-1-2-6-18(17)28-19/h1-2,5-10,15H,3-4,11-13H2,(H2,22,25)/t15-/m0/s1. The zero-order valence-electron chi connectivity index (χ0n) is 15.3. The van der Waals surface area contributed by atoms with Crippen LogP contribution in [0.25, 0.3) is 11.1 Å². The van der Waals surface area contributed by atoms with E-state index in [9.17, 15) is 9.59 Å². The van der Waals surface area contributed by atoms with Crippen molar-refractivity contribution in [2.24, 2.45) is 11.7 Å². The van der Waals surface area contributed by atoms with Gasteiger partial charge in [0.2, 0.25) is 11.8 Å². The van der Waals surface area contributed by atoms with Crippen molar-refractivity contribution < 1.29 is 18.7 Å². The summed E-state index contributed by atoms with van der Waals surface area (Å²) < 4.78 is 10.9. The van der Waals surface area contributed by atoms with Crippen molar-refractivity contribution in [2.45, 2.75) is 19.4 Å². The first kappa shape index (κ1) is 18.0. The normalized spacial score (nSPS) is 16.9. The maximum Gasteiger partial charge on any atom is 0.338 e. The zero-order chi connectivity index (χ0) is 19.5. The highest BCUT2D eigenvalue weighted by Gasteiger charge is 2.24. The molecule has 144 valence electrons. The maximum atomic E-state index is 12.3. The topological polar surface area (TPSA) is 98.7 Å². The molecule has 4 rings (SSSR count). The second kappa shape index (κ2) is 7.72. The minimum Gasteiger partial charge on any atom is -0.452 e. The number of ether oxygens (including phenoxy) is 1. The van der Waals surface area contributed by atoms with E-state index in [1.807, 2.05) is 36.4 Å². The molecule has 1 aromatic heterocycles. The molecule has 2 N–H and O–H groups in total. The van der Waals surface area contributed by atoms with Crippen molar-refractivity contribution in [3.63, 3.8) is 0 Å². The second-order valence-corrected chi connectivity index (χ2v) is 6.89. The quantitative estimate of drug-likeness (QED) is 0.685. The van der Waals surface area contributed by atoms with Crippen molar-refractivity contribution in [2.75, 3.05) is 18.0 Å². The summed E-state index contributed by atoms with van der Waals surface area (Å²) in [5.74, 6) is -0.474. The van der Waals surface area contributed by atoms with Gasteiger partial charge in [-0.25, -0.2) is 9.78 Å². The van der Waals surface area contributed by atoms with Crippen LogP contribution in [-0.4, -0.2) is 29.9 Å². The van der Waals surface area contributed by atoms with Gasteiger partial charge in [0.1, 0.15) is 5.52 Å². The van der Waals surface area contributed by atoms with E-state index in [4.69, 9.17) is 14.9 Å². The minimum absolute atomic E-state index is 0.0261. The number of nitrogens with zero attached hydrogens (tertiary/aromatic N) is 2. The van der Waals surface area contributed by atoms with Crippen molar-refractivity contribution in [3.05, 3.63) is 60.0 Å². The molecule has 2 aromatic carbocycles. The third-order valence-electron chi connectivity index (χ3n) is 4.96. The molecular formula is C21H21N3O4. The number of hydrogen-bond acceptors (Lipinski definition) is 6. The van der Waals surface area contributed by atoms with Crippen LogP contribution in [0.5, 0.6) is 0 Å². The van der Waals surface area contributed by atoms with Gasteiger partial charge in [0.15, 0.2) is 12.2 Å². The lowest BCUT2D eigenvalue weighted by atomic mass is 9.97. The SMILES string of the molecule is NC(=O)[C@H]1CCCN(c2ccc(C(=O)OCc3nc4ccccc4o3)cc2)C1. The predicted octanol–water partition coefficient (Wildman–Crippen LogP) is 2.89. The Morgan fingerprint density at radius 2 is 1.96 bits per heavy atom. The molecule has 7 nitrogen and oxygen atoms in total. The Kier molecular flexibility index (Phi) is 4.97. The van der Waals surface area contributed by atoms with Crippen LogP contribution >= 0.6 is 0 Å². The summed E-state index contributed by atoms with van der Waals surface area (Å²) in [6, 6.07) is 14.5. The van der Waals surface area contributed by atoms with E-state index in [1.165, 1.54) is 0 Å². The number of carbonyl (C=O) groups is 2. The highest BCUT2D eigenvalue weighted by molar-refractivity contribution is 5.89. The number of para-hydroxylation sites is 2. The molecule has 1 fully saturated rings. The van der Waals surface area contributed by atoms with E-state index in [0.29, 0.717) is 23.6 Å². The minimum atomic E-state index is -0.442. The number of rotatable bonds is 5. The Balaban J connectivity index is 1.37. The molecule has 1 aliphatic rings. The van der Waals surface area contributed by atoms with Gasteiger partial charge in [0, 0.05) is 18.8 Å². The van der Waals surface area contributed by atoms with Crippen molar-refractivity contribution in [1.82, 2.24) is 4.98 Å². The summed E-state index contributed by atoms with van der Waals surface area (Å²) in [7, 11) is 0. The molecule has 0 unspecified atom stereocenters. The van der Waals surface area contributed by atoms with Crippen LogP contribution in [0.4, 0.5) is 5.69 Å². The molecule has 0 saturated carbocycles. The molecule has 0 bridgehead atoms. The molecule has 3 aromatic rings. The third-order valence-corrected chi connectivity index (χ3v) is 4.96. The first-order valence-electron chi connectivity index (χ1n) is 9.26. The Labute approximate surface area is 162 Å². The Bertz CT molecular complexity index is 963. The van der Waals surface area contributed by atoms with E-state index in [1.54, 1.807) is 12.1 Å². The van der Waals surface area contributed by atoms with Gasteiger partial charge in [0.25, 0.3) is 0 Å². The van der Waals surface area contributed by atoms with E-state index in [0.717, 1.165) is 30.6 Å². The van der Waals surface area contributed by atoms with Gasteiger partial charge >= 0.3 is 5.97 Å². The Morgan fingerprint density at radius 1 is 1.18 bits per heavy atom. The molecule has 1 atom stereocenters. The van der Waals surface area contributed by atoms with Gasteiger partial charge in [0.05, 0.1) is 11.5 Å². The molecule has 28 heavy (non-hydrogen) atoms. The van der Waals surface area contributed by atoms with Gasteiger partial charge in [-0.1, -0.05) is 12.1 Å². The van der Waals surface area contributed by atoms with Crippen LogP contribution in [-0.2, 0) is 16.1 Å². The molecule has 7 heteroatoms. The van der Waals surface area contributed by atoms with Gasteiger partial charge in [-0.2, -0.15) is 0 Å². The summed E-state index contributed by atoms with van der Waals surface area (Å²) >= 11 is 0. The number of carbonyl (C=O) groups excluding carboxylic acids is 2. The number of oxazole rings is 1. The number of amides is 1. The number of hydrogen-bond donors (Lipinski definition) is 1. The fraction of sp³-hybridized carbons (Fsp3) is 0.286. The van der Waals surface area contributed by atoms with Crippen LogP contribution in [0, 0.1) is 5.92 Å². The van der Waals surface area contributed by atoms with Crippen LogP contribution in [0.15, 0.2) is 52.9 Å². The number of aromatic nitrogens is 1. The summed E-state index contributed by atoms with van der Waals surface area (Å²) in [5.41, 5.74) is 8.24. The average Bonchev–Trinajstić information content (AvgIpc) is 3.15. The van der Waals surface area contributed by atoms with Gasteiger partial charge in [-0.3, -0.25) is 4.79 Å². The van der Waals surface area contributed by atoms with E-state index in [-0.39, 0.29) is 18.4 Å². The summed E-state index contributed by atoms with van der Waals surface area (Å²) in [4.78, 5) is 30.1. The fourth-order valence-electron chi connectivity index (χ4n) is 3.44. The molecule has 2 heterocycles. The number of esters is 1. The Morgan fingerprint density at radius 3 is 2.71 bits per heavy atom. The molecular weight excluding hydrogens is 358 g/mol. The summed E-state index contributed by atoms with van der Waals surface area (Å²) in [6.45, 7) is 1.45. The fourth-order valence-corrected chi connectivity index (χ4v) is 3.44. The maximum absolute atomic E-state index is 12.3. The van der Waals surface area contributed by atoms with Crippen LogP contribution in [0.2, 0.25) is 0 Å². The highest BCUT2D eigenvalue weighted by atomic mass is 16.5. The molecule has 1 amide bonds. The zero-order valence-corrected chi connectivity index (χ0v) is 15.3. The Hall–Kier alpha value is -3.35. The van der Waals surface area contributed by atoms with Gasteiger partial charge in [-0.15, -0.1) is 0 Å². The van der Waals surface area contributed by atoms with Crippen LogP contribution < -0.4 is 10.6 Å². The molecule has 0 aliphatic carbocycles. The molecule has 1 aliphatic heterocycles. The number of fused-ring (bicyclic) bond motifs is 1. The molecule has 0 radical (unpaired) electrons. The van der Waals surface area contributed by atoms with Gasteiger partial charge in [-0.05, 0) is 49.2 Å². The van der Waals surface area contributed by atoms with Crippen molar-refractivity contribution in [1.29, 1.82) is 0 Å².